The van der Waals surface area contributed by atoms with Crippen LogP contribution in [-0.4, -0.2) is 40.6 Å². The monoisotopic (exact) mass is 300 g/mol. The molecule has 0 aliphatic carbocycles. The van der Waals surface area contributed by atoms with Crippen molar-refractivity contribution in [3.05, 3.63) is 0 Å². The first-order valence-corrected chi connectivity index (χ1v) is 6.91. The maximum absolute atomic E-state index is 13.4. The van der Waals surface area contributed by atoms with Gasteiger partial charge in [0.05, 0.1) is 0 Å². The second kappa shape index (κ2) is 3.30. The van der Waals surface area contributed by atoms with Crippen LogP contribution < -0.4 is 0 Å². The van der Waals surface area contributed by atoms with Crippen LogP contribution >= 0.6 is 0 Å². The molecule has 6 nitrogen and oxygen atoms in total. The molecule has 2 aliphatic rings. The van der Waals surface area contributed by atoms with Crippen molar-refractivity contribution < 1.29 is 42.8 Å². The molecular weight excluding hydrogens is 296 g/mol. The molecule has 0 N–H and O–H groups in total. The highest BCUT2D eigenvalue weighted by Gasteiger charge is 2.78. The zero-order valence-electron chi connectivity index (χ0n) is 7.59. The number of rotatable bonds is 0. The van der Waals surface area contributed by atoms with E-state index in [1.54, 1.807) is 0 Å². The minimum atomic E-state index is -5.25. The first kappa shape index (κ1) is 13.0. The van der Waals surface area contributed by atoms with Gasteiger partial charge in [-0.3, -0.25) is 0 Å². The predicted octanol–water partition coefficient (Wildman–Crippen LogP) is -0.125. The summed E-state index contributed by atoms with van der Waals surface area (Å²) in [6.07, 6.45) is -6.66. The zero-order valence-corrected chi connectivity index (χ0v) is 9.22. The Hall–Kier alpha value is -0.460. The Labute approximate surface area is 92.7 Å². The molecule has 0 aromatic rings. The van der Waals surface area contributed by atoms with Crippen molar-refractivity contribution in [1.29, 1.82) is 0 Å². The van der Waals surface area contributed by atoms with Crippen LogP contribution in [0.1, 0.15) is 0 Å². The second-order valence-electron chi connectivity index (χ2n) is 3.44. The van der Waals surface area contributed by atoms with Gasteiger partial charge >= 0.3 is 20.2 Å². The Morgan fingerprint density at radius 1 is 0.765 bits per heavy atom. The average molecular weight is 300 g/mol. The summed E-state index contributed by atoms with van der Waals surface area (Å²) in [5.41, 5.74) is -10.7. The quantitative estimate of drug-likeness (QED) is 0.458. The van der Waals surface area contributed by atoms with Crippen LogP contribution in [0.2, 0.25) is 0 Å². The number of alkyl halides is 4. The summed E-state index contributed by atoms with van der Waals surface area (Å²) in [6, 6.07) is 0. The molecule has 2 fully saturated rings. The van der Waals surface area contributed by atoms with Gasteiger partial charge in [0.15, 0.2) is 5.41 Å². The summed E-state index contributed by atoms with van der Waals surface area (Å²) in [5.74, 6) is 0. The fourth-order valence-electron chi connectivity index (χ4n) is 1.62. The highest BCUT2D eigenvalue weighted by molar-refractivity contribution is 7.88. The molecule has 0 aromatic carbocycles. The number of halogens is 4. The minimum Gasteiger partial charge on any atom is -0.230 e. The van der Waals surface area contributed by atoms with Gasteiger partial charge in [-0.25, -0.2) is 25.9 Å². The molecule has 0 aromatic heterocycles. The Morgan fingerprint density at radius 2 is 1.06 bits per heavy atom. The highest BCUT2D eigenvalue weighted by atomic mass is 32.2. The molecule has 0 radical (unpaired) electrons. The van der Waals surface area contributed by atoms with Gasteiger partial charge in [0.1, 0.15) is 0 Å². The van der Waals surface area contributed by atoms with E-state index in [4.69, 9.17) is 0 Å². The third kappa shape index (κ3) is 1.37. The van der Waals surface area contributed by atoms with E-state index in [9.17, 15) is 34.4 Å². The molecule has 2 aliphatic heterocycles. The summed E-state index contributed by atoms with van der Waals surface area (Å²) < 4.78 is 103. The summed E-state index contributed by atoms with van der Waals surface area (Å²) in [6.45, 7) is 0. The first-order valence-electron chi connectivity index (χ1n) is 3.97. The lowest BCUT2D eigenvalue weighted by atomic mass is 9.90. The van der Waals surface area contributed by atoms with E-state index in [1.807, 2.05) is 0 Å². The largest absolute Gasteiger partial charge is 0.303 e. The van der Waals surface area contributed by atoms with E-state index >= 15 is 0 Å². The van der Waals surface area contributed by atoms with Crippen molar-refractivity contribution in [2.75, 3.05) is 0 Å². The van der Waals surface area contributed by atoms with Gasteiger partial charge in [0, 0.05) is 0 Å². The van der Waals surface area contributed by atoms with E-state index in [0.717, 1.165) is 0 Å². The molecule has 2 rings (SSSR count). The van der Waals surface area contributed by atoms with Crippen LogP contribution in [0.4, 0.5) is 17.6 Å². The van der Waals surface area contributed by atoms with E-state index in [2.05, 4.69) is 8.37 Å². The van der Waals surface area contributed by atoms with Crippen molar-refractivity contribution in [2.45, 2.75) is 23.7 Å². The SMILES string of the molecule is O=S1(=O)O[C@@H](F)C2(C(F)OS(=O)(=O)[C@@H]2F)C1F. The lowest BCUT2D eigenvalue weighted by Crippen LogP contribution is -2.48. The third-order valence-electron chi connectivity index (χ3n) is 2.52. The first-order chi connectivity index (χ1) is 7.57. The molecule has 0 bridgehead atoms. The zero-order chi connectivity index (χ0) is 13.2. The number of hydrogen-bond acceptors (Lipinski definition) is 6. The van der Waals surface area contributed by atoms with E-state index < -0.39 is 49.4 Å². The Morgan fingerprint density at radius 3 is 1.24 bits per heavy atom. The summed E-state index contributed by atoms with van der Waals surface area (Å²) in [4.78, 5) is 0. The van der Waals surface area contributed by atoms with Crippen molar-refractivity contribution in [3.63, 3.8) is 0 Å². The molecule has 17 heavy (non-hydrogen) atoms. The summed E-state index contributed by atoms with van der Waals surface area (Å²) in [7, 11) is -10.5. The van der Waals surface area contributed by atoms with Crippen molar-refractivity contribution in [3.8, 4) is 0 Å². The lowest BCUT2D eigenvalue weighted by Gasteiger charge is -2.24. The van der Waals surface area contributed by atoms with E-state index in [0.29, 0.717) is 0 Å². The van der Waals surface area contributed by atoms with Gasteiger partial charge in [0.25, 0.3) is 0 Å². The molecule has 12 heteroatoms. The molecular formula is C5H4F4O6S2. The standard InChI is InChI=1S/C5H4F4O6S2/c6-1-5(3(8)16(10,11)14-1)2(7)15-17(12,13)4(5)9/h1-4H/t1-,2?,3?,4+,5?/m1/s1. The Kier molecular flexibility index (Phi) is 2.52. The lowest BCUT2D eigenvalue weighted by molar-refractivity contribution is -0.138. The van der Waals surface area contributed by atoms with E-state index in [1.165, 1.54) is 0 Å². The van der Waals surface area contributed by atoms with E-state index in [-0.39, 0.29) is 0 Å². The van der Waals surface area contributed by atoms with Crippen molar-refractivity contribution >= 4 is 20.2 Å². The van der Waals surface area contributed by atoms with Crippen LogP contribution in [0, 0.1) is 5.41 Å². The van der Waals surface area contributed by atoms with Gasteiger partial charge in [-0.2, -0.15) is 16.8 Å². The maximum Gasteiger partial charge on any atom is 0.303 e. The molecule has 5 atom stereocenters. The maximum atomic E-state index is 13.4. The molecule has 3 unspecified atom stereocenters. The third-order valence-corrected chi connectivity index (χ3v) is 5.22. The smallest absolute Gasteiger partial charge is 0.230 e. The Bertz CT molecular complexity index is 493. The Balaban J connectivity index is 2.65. The van der Waals surface area contributed by atoms with Gasteiger partial charge in [0.2, 0.25) is 23.7 Å². The normalized spacial score (nSPS) is 52.0. The van der Waals surface area contributed by atoms with Crippen LogP contribution in [0.15, 0.2) is 0 Å². The van der Waals surface area contributed by atoms with Crippen LogP contribution in [0.25, 0.3) is 0 Å². The van der Waals surface area contributed by atoms with Gasteiger partial charge in [-0.15, -0.1) is 0 Å². The fourth-order valence-corrected chi connectivity index (χ4v) is 4.37. The topological polar surface area (TPSA) is 86.7 Å². The molecule has 2 saturated heterocycles. The number of hydrogen-bond donors (Lipinski definition) is 0. The van der Waals surface area contributed by atoms with Crippen molar-refractivity contribution in [1.82, 2.24) is 0 Å². The second-order valence-corrected chi connectivity index (χ2v) is 6.63. The average Bonchev–Trinajstić information content (AvgIpc) is 2.43. The fraction of sp³-hybridized carbons (Fsp3) is 1.00. The molecule has 100 valence electrons. The van der Waals surface area contributed by atoms with Gasteiger partial charge < -0.3 is 0 Å². The van der Waals surface area contributed by atoms with Crippen LogP contribution in [0.3, 0.4) is 0 Å². The molecule has 1 spiro atoms. The van der Waals surface area contributed by atoms with Crippen LogP contribution in [-0.2, 0) is 28.6 Å². The van der Waals surface area contributed by atoms with Crippen LogP contribution in [0.5, 0.6) is 0 Å². The van der Waals surface area contributed by atoms with Gasteiger partial charge in [-0.05, 0) is 0 Å². The molecule has 2 heterocycles. The molecule has 0 saturated carbocycles. The summed E-state index contributed by atoms with van der Waals surface area (Å²) in [5, 5.41) is 0. The predicted molar refractivity (Wildman–Crippen MR) is 42.0 cm³/mol. The highest BCUT2D eigenvalue weighted by Crippen LogP contribution is 2.56. The molecule has 0 amide bonds. The van der Waals surface area contributed by atoms with Crippen molar-refractivity contribution in [2.24, 2.45) is 5.41 Å². The summed E-state index contributed by atoms with van der Waals surface area (Å²) >= 11 is 0. The van der Waals surface area contributed by atoms with Gasteiger partial charge in [-0.1, -0.05) is 0 Å². The minimum absolute atomic E-state index is 3.33.